The summed E-state index contributed by atoms with van der Waals surface area (Å²) in [5.74, 6) is -0.796. The number of aromatic nitrogens is 4. The molecule has 4 rings (SSSR count). The van der Waals surface area contributed by atoms with Gasteiger partial charge in [0.15, 0.2) is 28.5 Å². The van der Waals surface area contributed by atoms with Gasteiger partial charge in [-0.15, -0.1) is 11.8 Å². The Hall–Kier alpha value is -1.42. The number of fused-ring (bicyclic) bond motifs is 2. The Morgan fingerprint density at radius 1 is 1.22 bits per heavy atom. The molecule has 0 spiro atoms. The fourth-order valence-electron chi connectivity index (χ4n) is 3.49. The van der Waals surface area contributed by atoms with Crippen LogP contribution in [-0.4, -0.2) is 68.1 Å². The first-order valence-corrected chi connectivity index (χ1v) is 10.8. The van der Waals surface area contributed by atoms with Gasteiger partial charge in [0, 0.05) is 0 Å². The Morgan fingerprint density at radius 2 is 1.96 bits per heavy atom. The molecule has 2 aliphatic rings. The van der Waals surface area contributed by atoms with E-state index in [1.807, 2.05) is 26.4 Å². The molecule has 9 nitrogen and oxygen atoms in total. The average molecular weight is 409 g/mol. The highest BCUT2D eigenvalue weighted by Gasteiger charge is 2.56. The van der Waals surface area contributed by atoms with Crippen LogP contribution in [0.15, 0.2) is 10.2 Å². The highest BCUT2D eigenvalue weighted by molar-refractivity contribution is 7.99. The van der Waals surface area contributed by atoms with Crippen molar-refractivity contribution in [2.45, 2.75) is 54.4 Å². The van der Waals surface area contributed by atoms with Crippen molar-refractivity contribution in [1.29, 1.82) is 5.26 Å². The lowest BCUT2D eigenvalue weighted by Crippen LogP contribution is -2.31. The van der Waals surface area contributed by atoms with E-state index < -0.39 is 30.3 Å². The summed E-state index contributed by atoms with van der Waals surface area (Å²) >= 11 is 2.84. The predicted octanol–water partition coefficient (Wildman–Crippen LogP) is 1.55. The SMILES string of the molecule is CSc1nc(SC)c2c(C#N)nn([C@@H]3O[C@H](CO)[C@H]4OC(C)(C)O[C@H]43)c2n1. The summed E-state index contributed by atoms with van der Waals surface area (Å²) in [7, 11) is 0. The second-order valence-corrected chi connectivity index (χ2v) is 8.20. The molecular weight excluding hydrogens is 390 g/mol. The zero-order valence-corrected chi connectivity index (χ0v) is 16.9. The highest BCUT2D eigenvalue weighted by Crippen LogP contribution is 2.44. The second-order valence-electron chi connectivity index (χ2n) is 6.64. The van der Waals surface area contributed by atoms with Crippen molar-refractivity contribution in [3.8, 4) is 6.07 Å². The zero-order chi connectivity index (χ0) is 19.3. The number of nitrogens with zero attached hydrogens (tertiary/aromatic N) is 5. The Labute approximate surface area is 164 Å². The van der Waals surface area contributed by atoms with Crippen molar-refractivity contribution in [1.82, 2.24) is 19.7 Å². The van der Waals surface area contributed by atoms with Crippen molar-refractivity contribution < 1.29 is 19.3 Å². The van der Waals surface area contributed by atoms with E-state index in [2.05, 4.69) is 21.1 Å². The van der Waals surface area contributed by atoms with Gasteiger partial charge in [0.05, 0.1) is 12.0 Å². The van der Waals surface area contributed by atoms with Crippen LogP contribution in [0, 0.1) is 11.3 Å². The van der Waals surface area contributed by atoms with E-state index in [0.29, 0.717) is 21.2 Å². The number of hydrogen-bond acceptors (Lipinski definition) is 10. The molecule has 0 saturated carbocycles. The van der Waals surface area contributed by atoms with E-state index >= 15 is 0 Å². The largest absolute Gasteiger partial charge is 0.394 e. The van der Waals surface area contributed by atoms with Crippen LogP contribution in [0.3, 0.4) is 0 Å². The van der Waals surface area contributed by atoms with Crippen molar-refractivity contribution >= 4 is 34.6 Å². The van der Waals surface area contributed by atoms with E-state index in [-0.39, 0.29) is 12.3 Å². The molecule has 0 bridgehead atoms. The van der Waals surface area contributed by atoms with E-state index in [1.165, 1.54) is 23.5 Å². The normalized spacial score (nSPS) is 29.2. The number of aliphatic hydroxyl groups is 1. The predicted molar refractivity (Wildman–Crippen MR) is 98.4 cm³/mol. The van der Waals surface area contributed by atoms with Crippen LogP contribution in [0.25, 0.3) is 11.0 Å². The van der Waals surface area contributed by atoms with Crippen molar-refractivity contribution in [2.75, 3.05) is 19.1 Å². The third-order valence-electron chi connectivity index (χ3n) is 4.53. The molecule has 1 N–H and O–H groups in total. The van der Waals surface area contributed by atoms with Gasteiger partial charge in [-0.25, -0.2) is 14.6 Å². The van der Waals surface area contributed by atoms with Crippen molar-refractivity contribution in [3.63, 3.8) is 0 Å². The van der Waals surface area contributed by atoms with E-state index in [0.717, 1.165) is 0 Å². The average Bonchev–Trinajstić information content (AvgIpc) is 3.28. The summed E-state index contributed by atoms with van der Waals surface area (Å²) in [4.78, 5) is 9.05. The van der Waals surface area contributed by atoms with Crippen LogP contribution in [0.2, 0.25) is 0 Å². The maximum absolute atomic E-state index is 9.70. The molecule has 0 aromatic carbocycles. The van der Waals surface area contributed by atoms with Gasteiger partial charge < -0.3 is 19.3 Å². The van der Waals surface area contributed by atoms with Gasteiger partial charge >= 0.3 is 0 Å². The number of nitriles is 1. The van der Waals surface area contributed by atoms with Crippen LogP contribution < -0.4 is 0 Å². The second kappa shape index (κ2) is 6.88. The number of aliphatic hydroxyl groups excluding tert-OH is 1. The summed E-state index contributed by atoms with van der Waals surface area (Å²) in [6, 6.07) is 2.12. The number of thioether (sulfide) groups is 2. The Bertz CT molecular complexity index is 928. The smallest absolute Gasteiger partial charge is 0.190 e. The zero-order valence-electron chi connectivity index (χ0n) is 15.2. The number of ether oxygens (including phenoxy) is 3. The molecule has 144 valence electrons. The van der Waals surface area contributed by atoms with Gasteiger partial charge in [0.25, 0.3) is 0 Å². The van der Waals surface area contributed by atoms with Crippen LogP contribution in [0.5, 0.6) is 0 Å². The summed E-state index contributed by atoms with van der Waals surface area (Å²) in [5, 5.41) is 25.6. The Balaban J connectivity index is 1.88. The van der Waals surface area contributed by atoms with E-state index in [1.54, 1.807) is 4.68 Å². The highest BCUT2D eigenvalue weighted by atomic mass is 32.2. The van der Waals surface area contributed by atoms with Gasteiger partial charge in [-0.2, -0.15) is 10.4 Å². The monoisotopic (exact) mass is 409 g/mol. The minimum Gasteiger partial charge on any atom is -0.394 e. The summed E-state index contributed by atoms with van der Waals surface area (Å²) in [6.07, 6.45) is 1.66. The van der Waals surface area contributed by atoms with Gasteiger partial charge in [-0.05, 0) is 26.4 Å². The maximum Gasteiger partial charge on any atom is 0.190 e. The van der Waals surface area contributed by atoms with Gasteiger partial charge in [-0.1, -0.05) is 11.8 Å². The third kappa shape index (κ3) is 3.00. The summed E-state index contributed by atoms with van der Waals surface area (Å²) < 4.78 is 19.5. The minimum atomic E-state index is -0.796. The van der Waals surface area contributed by atoms with Crippen LogP contribution in [0.4, 0.5) is 0 Å². The lowest BCUT2D eigenvalue weighted by Gasteiger charge is -2.23. The first kappa shape index (κ1) is 18.9. The van der Waals surface area contributed by atoms with Crippen LogP contribution in [-0.2, 0) is 14.2 Å². The quantitative estimate of drug-likeness (QED) is 0.453. The third-order valence-corrected chi connectivity index (χ3v) is 5.76. The van der Waals surface area contributed by atoms with E-state index in [9.17, 15) is 10.4 Å². The molecule has 27 heavy (non-hydrogen) atoms. The lowest BCUT2D eigenvalue weighted by molar-refractivity contribution is -0.201. The van der Waals surface area contributed by atoms with Crippen LogP contribution in [0.1, 0.15) is 25.8 Å². The fourth-order valence-corrected chi connectivity index (χ4v) is 4.47. The molecule has 4 heterocycles. The standard InChI is InChI=1S/C16H19N5O4S2/c1-16(2)24-10-8(6-22)23-14(11(10)25-16)21-12-9(7(5-17)20-21)13(26-3)19-15(18-12)27-4/h8,10-11,14,22H,6H2,1-4H3/t8-,10-,11-,14-/m1/s1. The first-order valence-electron chi connectivity index (χ1n) is 8.32. The molecule has 2 aromatic heterocycles. The molecule has 0 radical (unpaired) electrons. The fraction of sp³-hybridized carbons (Fsp3) is 0.625. The van der Waals surface area contributed by atoms with Crippen molar-refractivity contribution in [3.05, 3.63) is 5.69 Å². The van der Waals surface area contributed by atoms with Crippen LogP contribution >= 0.6 is 23.5 Å². The van der Waals surface area contributed by atoms with Crippen molar-refractivity contribution in [2.24, 2.45) is 0 Å². The summed E-state index contributed by atoms with van der Waals surface area (Å²) in [6.45, 7) is 3.43. The molecule has 2 fully saturated rings. The molecule has 0 aliphatic carbocycles. The molecule has 11 heteroatoms. The summed E-state index contributed by atoms with van der Waals surface area (Å²) in [5.41, 5.74) is 0.735. The number of hydrogen-bond donors (Lipinski definition) is 1. The molecule has 2 aromatic rings. The molecule has 4 atom stereocenters. The minimum absolute atomic E-state index is 0.206. The molecular formula is C16H19N5O4S2. The van der Waals surface area contributed by atoms with E-state index in [4.69, 9.17) is 14.2 Å². The number of rotatable bonds is 4. The molecule has 2 aliphatic heterocycles. The molecule has 2 saturated heterocycles. The topological polar surface area (TPSA) is 115 Å². The molecule has 0 unspecified atom stereocenters. The lowest BCUT2D eigenvalue weighted by atomic mass is 10.1. The maximum atomic E-state index is 9.70. The van der Waals surface area contributed by atoms with Gasteiger partial charge in [0.2, 0.25) is 0 Å². The molecule has 0 amide bonds. The first-order chi connectivity index (χ1) is 12.9. The van der Waals surface area contributed by atoms with Gasteiger partial charge in [-0.3, -0.25) is 0 Å². The van der Waals surface area contributed by atoms with Gasteiger partial charge in [0.1, 0.15) is 29.4 Å². The Morgan fingerprint density at radius 3 is 2.59 bits per heavy atom. The Kier molecular flexibility index (Phi) is 4.82.